The molecule has 1 atom stereocenters. The lowest BCUT2D eigenvalue weighted by molar-refractivity contribution is 0.407. The Bertz CT molecular complexity index is 590. The molecule has 0 heterocycles. The first kappa shape index (κ1) is 14.9. The van der Waals surface area contributed by atoms with Crippen molar-refractivity contribution in [1.29, 1.82) is 0 Å². The summed E-state index contributed by atoms with van der Waals surface area (Å²) in [5.74, 6) is 0.928. The summed E-state index contributed by atoms with van der Waals surface area (Å²) >= 11 is 3.53. The minimum atomic E-state index is 0.180. The maximum Gasteiger partial charge on any atom is 0.124 e. The molecule has 0 amide bonds. The van der Waals surface area contributed by atoms with E-state index in [1.807, 2.05) is 0 Å². The fourth-order valence-corrected chi connectivity index (χ4v) is 2.93. The average Bonchev–Trinajstić information content (AvgIpc) is 2.37. The third-order valence-electron chi connectivity index (χ3n) is 3.28. The first-order valence-corrected chi connectivity index (χ1v) is 7.47. The molecule has 2 aromatic carbocycles. The molecule has 0 aliphatic heterocycles. The molecule has 0 aromatic heterocycles. The number of aryl methyl sites for hydroxylation is 2. The van der Waals surface area contributed by atoms with Crippen LogP contribution in [0.1, 0.15) is 29.7 Å². The number of hydrogen-bond donors (Lipinski definition) is 1. The van der Waals surface area contributed by atoms with Crippen molar-refractivity contribution in [3.63, 3.8) is 0 Å². The van der Waals surface area contributed by atoms with E-state index in [1.54, 1.807) is 7.11 Å². The van der Waals surface area contributed by atoms with Gasteiger partial charge in [0.2, 0.25) is 0 Å². The Morgan fingerprint density at radius 2 is 1.80 bits per heavy atom. The van der Waals surface area contributed by atoms with Crippen LogP contribution in [0.5, 0.6) is 5.75 Å². The molecule has 3 heteroatoms. The van der Waals surface area contributed by atoms with Gasteiger partial charge in [-0.15, -0.1) is 0 Å². The summed E-state index contributed by atoms with van der Waals surface area (Å²) < 4.78 is 6.57. The smallest absolute Gasteiger partial charge is 0.124 e. The van der Waals surface area contributed by atoms with Crippen LogP contribution in [-0.2, 0) is 0 Å². The van der Waals surface area contributed by atoms with E-state index in [2.05, 4.69) is 78.4 Å². The number of rotatable bonds is 4. The molecule has 0 bridgehead atoms. The number of methoxy groups -OCH3 is 1. The molecule has 106 valence electrons. The molecule has 0 radical (unpaired) electrons. The molecule has 20 heavy (non-hydrogen) atoms. The predicted octanol–water partition coefficient (Wildman–Crippen LogP) is 5.25. The van der Waals surface area contributed by atoms with Crippen molar-refractivity contribution in [1.82, 2.24) is 0 Å². The zero-order valence-corrected chi connectivity index (χ0v) is 13.9. The molecular formula is C17H20BrNO. The number of anilines is 1. The predicted molar refractivity (Wildman–Crippen MR) is 88.6 cm³/mol. The minimum Gasteiger partial charge on any atom is -0.496 e. The van der Waals surface area contributed by atoms with Crippen molar-refractivity contribution in [2.24, 2.45) is 0 Å². The lowest BCUT2D eigenvalue weighted by Gasteiger charge is -2.19. The number of hydrogen-bond acceptors (Lipinski definition) is 2. The van der Waals surface area contributed by atoms with E-state index in [0.29, 0.717) is 0 Å². The van der Waals surface area contributed by atoms with Crippen LogP contribution >= 0.6 is 15.9 Å². The lowest BCUT2D eigenvalue weighted by Crippen LogP contribution is -2.08. The molecule has 2 rings (SSSR count). The Labute approximate surface area is 129 Å². The van der Waals surface area contributed by atoms with Crippen molar-refractivity contribution in [2.75, 3.05) is 12.4 Å². The Kier molecular flexibility index (Phi) is 4.71. The van der Waals surface area contributed by atoms with E-state index >= 15 is 0 Å². The molecule has 0 saturated heterocycles. The summed E-state index contributed by atoms with van der Waals surface area (Å²) in [4.78, 5) is 0. The van der Waals surface area contributed by atoms with E-state index in [9.17, 15) is 0 Å². The zero-order chi connectivity index (χ0) is 14.7. The van der Waals surface area contributed by atoms with Gasteiger partial charge in [0, 0.05) is 15.7 Å². The standard InChI is InChI=1S/C17H20BrNO/c1-11-5-6-16(17(9-11)20-4)13(3)19-15-8-12(2)7-14(18)10-15/h5-10,13,19H,1-4H3. The van der Waals surface area contributed by atoms with Crippen LogP contribution in [0.15, 0.2) is 40.9 Å². The maximum atomic E-state index is 5.48. The van der Waals surface area contributed by atoms with Crippen molar-refractivity contribution < 1.29 is 4.74 Å². The van der Waals surface area contributed by atoms with Gasteiger partial charge in [-0.3, -0.25) is 0 Å². The molecule has 0 aliphatic rings. The normalized spacial score (nSPS) is 12.1. The van der Waals surface area contributed by atoms with Crippen LogP contribution in [0, 0.1) is 13.8 Å². The average molecular weight is 334 g/mol. The van der Waals surface area contributed by atoms with Crippen molar-refractivity contribution >= 4 is 21.6 Å². The van der Waals surface area contributed by atoms with Crippen molar-refractivity contribution in [2.45, 2.75) is 26.8 Å². The van der Waals surface area contributed by atoms with E-state index in [1.165, 1.54) is 11.1 Å². The van der Waals surface area contributed by atoms with Crippen LogP contribution in [0.25, 0.3) is 0 Å². The summed E-state index contributed by atoms with van der Waals surface area (Å²) in [6, 6.07) is 12.8. The summed E-state index contributed by atoms with van der Waals surface area (Å²) in [5.41, 5.74) is 4.70. The van der Waals surface area contributed by atoms with Crippen LogP contribution in [0.3, 0.4) is 0 Å². The van der Waals surface area contributed by atoms with Crippen molar-refractivity contribution in [3.8, 4) is 5.75 Å². The van der Waals surface area contributed by atoms with Crippen LogP contribution in [0.4, 0.5) is 5.69 Å². The van der Waals surface area contributed by atoms with Gasteiger partial charge in [-0.25, -0.2) is 0 Å². The number of benzene rings is 2. The van der Waals surface area contributed by atoms with Gasteiger partial charge in [-0.1, -0.05) is 28.1 Å². The van der Waals surface area contributed by atoms with Gasteiger partial charge in [0.25, 0.3) is 0 Å². The van der Waals surface area contributed by atoms with Crippen molar-refractivity contribution in [3.05, 3.63) is 57.6 Å². The summed E-state index contributed by atoms with van der Waals surface area (Å²) in [7, 11) is 1.72. The van der Waals surface area contributed by atoms with E-state index in [4.69, 9.17) is 4.74 Å². The van der Waals surface area contributed by atoms with Gasteiger partial charge >= 0.3 is 0 Å². The first-order chi connectivity index (χ1) is 9.49. The summed E-state index contributed by atoms with van der Waals surface area (Å²) in [6.07, 6.45) is 0. The summed E-state index contributed by atoms with van der Waals surface area (Å²) in [5, 5.41) is 3.52. The largest absolute Gasteiger partial charge is 0.496 e. The van der Waals surface area contributed by atoms with Gasteiger partial charge in [0.15, 0.2) is 0 Å². The Balaban J connectivity index is 2.25. The molecular weight excluding hydrogens is 314 g/mol. The third kappa shape index (κ3) is 3.54. The topological polar surface area (TPSA) is 21.3 Å². The molecule has 2 nitrogen and oxygen atoms in total. The maximum absolute atomic E-state index is 5.48. The van der Waals surface area contributed by atoms with E-state index in [0.717, 1.165) is 21.5 Å². The number of halogens is 1. The molecule has 1 unspecified atom stereocenters. The van der Waals surface area contributed by atoms with Crippen LogP contribution in [-0.4, -0.2) is 7.11 Å². The zero-order valence-electron chi connectivity index (χ0n) is 12.3. The number of ether oxygens (including phenoxy) is 1. The highest BCUT2D eigenvalue weighted by Gasteiger charge is 2.11. The highest BCUT2D eigenvalue weighted by atomic mass is 79.9. The monoisotopic (exact) mass is 333 g/mol. The summed E-state index contributed by atoms with van der Waals surface area (Å²) in [6.45, 7) is 6.30. The molecule has 0 fully saturated rings. The van der Waals surface area contributed by atoms with Crippen LogP contribution < -0.4 is 10.1 Å². The quantitative estimate of drug-likeness (QED) is 0.825. The molecule has 2 aromatic rings. The minimum absolute atomic E-state index is 0.180. The Morgan fingerprint density at radius 1 is 1.05 bits per heavy atom. The third-order valence-corrected chi connectivity index (χ3v) is 3.74. The van der Waals surface area contributed by atoms with E-state index < -0.39 is 0 Å². The van der Waals surface area contributed by atoms with Gasteiger partial charge < -0.3 is 10.1 Å². The van der Waals surface area contributed by atoms with E-state index in [-0.39, 0.29) is 6.04 Å². The molecule has 0 spiro atoms. The first-order valence-electron chi connectivity index (χ1n) is 6.68. The molecule has 0 saturated carbocycles. The fourth-order valence-electron chi connectivity index (χ4n) is 2.32. The highest BCUT2D eigenvalue weighted by Crippen LogP contribution is 2.29. The second-order valence-corrected chi connectivity index (χ2v) is 6.04. The lowest BCUT2D eigenvalue weighted by atomic mass is 10.0. The van der Waals surface area contributed by atoms with Gasteiger partial charge in [-0.2, -0.15) is 0 Å². The highest BCUT2D eigenvalue weighted by molar-refractivity contribution is 9.10. The Morgan fingerprint density at radius 3 is 2.45 bits per heavy atom. The van der Waals surface area contributed by atoms with Crippen LogP contribution in [0.2, 0.25) is 0 Å². The fraction of sp³-hybridized carbons (Fsp3) is 0.294. The van der Waals surface area contributed by atoms with Gasteiger partial charge in [0.05, 0.1) is 13.2 Å². The Hall–Kier alpha value is -1.48. The molecule has 0 aliphatic carbocycles. The van der Waals surface area contributed by atoms with Gasteiger partial charge in [0.1, 0.15) is 5.75 Å². The molecule has 1 N–H and O–H groups in total. The second-order valence-electron chi connectivity index (χ2n) is 5.13. The number of nitrogens with one attached hydrogen (secondary N) is 1. The van der Waals surface area contributed by atoms with Gasteiger partial charge in [-0.05, 0) is 56.2 Å². The SMILES string of the molecule is COc1cc(C)ccc1C(C)Nc1cc(C)cc(Br)c1. The second kappa shape index (κ2) is 6.31.